The summed E-state index contributed by atoms with van der Waals surface area (Å²) in [6, 6.07) is 9.90. The van der Waals surface area contributed by atoms with Gasteiger partial charge in [-0.1, -0.05) is 18.2 Å². The van der Waals surface area contributed by atoms with Crippen LogP contribution in [0.5, 0.6) is 5.75 Å². The highest BCUT2D eigenvalue weighted by Crippen LogP contribution is 2.35. The van der Waals surface area contributed by atoms with Crippen LogP contribution in [0.4, 0.5) is 13.2 Å². The van der Waals surface area contributed by atoms with Crippen molar-refractivity contribution in [3.05, 3.63) is 57.7 Å². The van der Waals surface area contributed by atoms with Gasteiger partial charge in [-0.2, -0.15) is 21.6 Å². The summed E-state index contributed by atoms with van der Waals surface area (Å²) in [6.45, 7) is 0. The summed E-state index contributed by atoms with van der Waals surface area (Å²) in [5, 5.41) is 0. The van der Waals surface area contributed by atoms with Crippen LogP contribution in [0, 0.1) is 3.57 Å². The molecule has 2 rings (SSSR count). The van der Waals surface area contributed by atoms with Gasteiger partial charge in [0.1, 0.15) is 10.6 Å². The third-order valence-corrected chi connectivity index (χ3v) is 4.44. The molecule has 0 heterocycles. The van der Waals surface area contributed by atoms with Crippen molar-refractivity contribution in [2.45, 2.75) is 11.1 Å². The number of benzene rings is 2. The summed E-state index contributed by atoms with van der Waals surface area (Å²) in [6.07, 6.45) is -4.78. The zero-order valence-corrected chi connectivity index (χ0v) is 13.2. The molecule has 0 N–H and O–H groups in total. The Morgan fingerprint density at radius 3 is 2.29 bits per heavy atom. The Kier molecular flexibility index (Phi) is 4.47. The van der Waals surface area contributed by atoms with E-state index >= 15 is 0 Å². The lowest BCUT2D eigenvalue weighted by molar-refractivity contribution is -0.139. The average Bonchev–Trinajstić information content (AvgIpc) is 2.37. The van der Waals surface area contributed by atoms with E-state index in [0.29, 0.717) is 9.64 Å². The second-order valence-electron chi connectivity index (χ2n) is 3.99. The van der Waals surface area contributed by atoms with Crippen LogP contribution in [0.3, 0.4) is 0 Å². The monoisotopic (exact) mass is 428 g/mol. The van der Waals surface area contributed by atoms with Gasteiger partial charge in [0.05, 0.1) is 5.56 Å². The molecule has 112 valence electrons. The van der Waals surface area contributed by atoms with Gasteiger partial charge in [0, 0.05) is 3.57 Å². The third kappa shape index (κ3) is 3.88. The van der Waals surface area contributed by atoms with E-state index in [1.165, 1.54) is 18.2 Å². The summed E-state index contributed by atoms with van der Waals surface area (Å²) in [4.78, 5) is -0.906. The van der Waals surface area contributed by atoms with E-state index in [-0.39, 0.29) is 5.75 Å². The van der Waals surface area contributed by atoms with Crippen molar-refractivity contribution in [3.63, 3.8) is 0 Å². The predicted octanol–water partition coefficient (Wildman–Crippen LogP) is 4.08. The Morgan fingerprint density at radius 1 is 1.00 bits per heavy atom. The maximum Gasteiger partial charge on any atom is 0.417 e. The molecular weight excluding hydrogens is 420 g/mol. The number of rotatable bonds is 3. The molecule has 3 nitrogen and oxygen atoms in total. The van der Waals surface area contributed by atoms with E-state index in [9.17, 15) is 21.6 Å². The van der Waals surface area contributed by atoms with Crippen molar-refractivity contribution in [1.82, 2.24) is 0 Å². The molecule has 0 fully saturated rings. The third-order valence-electron chi connectivity index (χ3n) is 2.46. The summed E-state index contributed by atoms with van der Waals surface area (Å²) in [5.41, 5.74) is -1.25. The second kappa shape index (κ2) is 5.84. The maximum absolute atomic E-state index is 12.9. The maximum atomic E-state index is 12.9. The zero-order valence-electron chi connectivity index (χ0n) is 10.3. The number of hydrogen-bond acceptors (Lipinski definition) is 3. The van der Waals surface area contributed by atoms with Gasteiger partial charge in [-0.15, -0.1) is 0 Å². The lowest BCUT2D eigenvalue weighted by atomic mass is 10.2. The minimum absolute atomic E-state index is 0.0427. The van der Waals surface area contributed by atoms with Gasteiger partial charge in [-0.25, -0.2) is 0 Å². The van der Waals surface area contributed by atoms with Crippen LogP contribution in [-0.2, 0) is 16.3 Å². The van der Waals surface area contributed by atoms with Crippen molar-refractivity contribution in [3.8, 4) is 5.75 Å². The minimum Gasteiger partial charge on any atom is -0.379 e. The fraction of sp³-hybridized carbons (Fsp3) is 0.0769. The lowest BCUT2D eigenvalue weighted by Gasteiger charge is -2.13. The topological polar surface area (TPSA) is 43.4 Å². The van der Waals surface area contributed by atoms with Crippen LogP contribution in [-0.4, -0.2) is 8.42 Å². The number of hydrogen-bond donors (Lipinski definition) is 0. The van der Waals surface area contributed by atoms with E-state index in [1.807, 2.05) is 22.6 Å². The van der Waals surface area contributed by atoms with Gasteiger partial charge >= 0.3 is 16.3 Å². The molecule has 0 spiro atoms. The first-order valence-corrected chi connectivity index (χ1v) is 8.05. The van der Waals surface area contributed by atoms with E-state index in [2.05, 4.69) is 0 Å². The molecule has 8 heteroatoms. The second-order valence-corrected chi connectivity index (χ2v) is 6.75. The molecule has 21 heavy (non-hydrogen) atoms. The molecule has 0 radical (unpaired) electrons. The largest absolute Gasteiger partial charge is 0.417 e. The Morgan fingerprint density at radius 2 is 1.67 bits per heavy atom. The molecule has 0 saturated heterocycles. The average molecular weight is 428 g/mol. The molecule has 2 aromatic rings. The molecule has 0 aliphatic carbocycles. The lowest BCUT2D eigenvalue weighted by Crippen LogP contribution is -2.17. The molecule has 0 aromatic heterocycles. The number of halogens is 4. The van der Waals surface area contributed by atoms with Gasteiger partial charge in [0.15, 0.2) is 0 Å². The van der Waals surface area contributed by atoms with Gasteiger partial charge in [-0.05, 0) is 52.9 Å². The van der Waals surface area contributed by atoms with Crippen molar-refractivity contribution in [1.29, 1.82) is 0 Å². The van der Waals surface area contributed by atoms with Crippen molar-refractivity contribution < 1.29 is 25.8 Å². The fourth-order valence-electron chi connectivity index (χ4n) is 1.61. The number of alkyl halides is 3. The summed E-state index contributed by atoms with van der Waals surface area (Å²) in [5.74, 6) is -0.0427. The van der Waals surface area contributed by atoms with E-state index in [1.54, 1.807) is 12.1 Å². The Balaban J connectivity index is 2.46. The fourth-order valence-corrected chi connectivity index (χ4v) is 3.27. The summed E-state index contributed by atoms with van der Waals surface area (Å²) >= 11 is 1.94. The van der Waals surface area contributed by atoms with Crippen LogP contribution in [0.2, 0.25) is 0 Å². The molecule has 2 aromatic carbocycles. The summed E-state index contributed by atoms with van der Waals surface area (Å²) in [7, 11) is -4.57. The first-order valence-electron chi connectivity index (χ1n) is 5.56. The first-order chi connectivity index (χ1) is 9.70. The molecule has 0 aliphatic heterocycles. The van der Waals surface area contributed by atoms with Crippen LogP contribution in [0.25, 0.3) is 0 Å². The summed E-state index contributed by atoms with van der Waals surface area (Å²) < 4.78 is 68.2. The molecular formula is C13H8F3IO3S. The highest BCUT2D eigenvalue weighted by Gasteiger charge is 2.37. The van der Waals surface area contributed by atoms with Crippen LogP contribution >= 0.6 is 22.6 Å². The van der Waals surface area contributed by atoms with E-state index in [4.69, 9.17) is 4.18 Å². The van der Waals surface area contributed by atoms with Gasteiger partial charge in [0.25, 0.3) is 0 Å². The van der Waals surface area contributed by atoms with Gasteiger partial charge in [0.2, 0.25) is 0 Å². The highest BCUT2D eigenvalue weighted by molar-refractivity contribution is 14.1. The molecule has 0 aliphatic rings. The standard InChI is InChI=1S/C13H8F3IO3S/c14-13(15,16)11-6-1-2-7-12(11)21(18,19)20-10-5-3-4-9(17)8-10/h1-8H. The van der Waals surface area contributed by atoms with Crippen LogP contribution in [0.1, 0.15) is 5.56 Å². The molecule has 0 amide bonds. The highest BCUT2D eigenvalue weighted by atomic mass is 127. The smallest absolute Gasteiger partial charge is 0.379 e. The SMILES string of the molecule is O=S(=O)(Oc1cccc(I)c1)c1ccccc1C(F)(F)F. The Hall–Kier alpha value is -1.29. The van der Waals surface area contributed by atoms with Gasteiger partial charge in [-0.3, -0.25) is 0 Å². The van der Waals surface area contributed by atoms with Crippen molar-refractivity contribution in [2.24, 2.45) is 0 Å². The van der Waals surface area contributed by atoms with Crippen LogP contribution in [0.15, 0.2) is 53.4 Å². The Bertz CT molecular complexity index is 757. The molecule has 0 unspecified atom stereocenters. The van der Waals surface area contributed by atoms with E-state index < -0.39 is 26.8 Å². The Labute approximate surface area is 133 Å². The first kappa shape index (κ1) is 16.1. The quantitative estimate of drug-likeness (QED) is 0.547. The molecule has 0 atom stereocenters. The van der Waals surface area contributed by atoms with Crippen molar-refractivity contribution in [2.75, 3.05) is 0 Å². The minimum atomic E-state index is -4.78. The van der Waals surface area contributed by atoms with Crippen LogP contribution < -0.4 is 4.18 Å². The predicted molar refractivity (Wildman–Crippen MR) is 78.4 cm³/mol. The normalized spacial score (nSPS) is 12.2. The van der Waals surface area contributed by atoms with Crippen molar-refractivity contribution >= 4 is 32.7 Å². The zero-order chi connectivity index (χ0) is 15.7. The van der Waals surface area contributed by atoms with Gasteiger partial charge < -0.3 is 4.18 Å². The molecule has 0 bridgehead atoms. The molecule has 0 saturated carbocycles. The van der Waals surface area contributed by atoms with E-state index in [0.717, 1.165) is 12.1 Å².